The number of aliphatic carboxylic acids is 1. The van der Waals surface area contributed by atoms with Gasteiger partial charge in [0.2, 0.25) is 23.6 Å². The van der Waals surface area contributed by atoms with Crippen molar-refractivity contribution < 1.29 is 43.3 Å². The lowest BCUT2D eigenvalue weighted by molar-refractivity contribution is -0.141. The van der Waals surface area contributed by atoms with E-state index in [1.807, 2.05) is 49.4 Å². The second-order valence-electron chi connectivity index (χ2n) is 10.9. The molecule has 3 rings (SSSR count). The molecule has 4 N–H and O–H groups in total. The van der Waals surface area contributed by atoms with Crippen LogP contribution in [0, 0.1) is 5.92 Å². The molecule has 1 saturated heterocycles. The number of amides is 4. The second-order valence-corrected chi connectivity index (χ2v) is 10.9. The summed E-state index contributed by atoms with van der Waals surface area (Å²) in [5, 5.41) is 16.6. The summed E-state index contributed by atoms with van der Waals surface area (Å²) in [5.74, 6) is -2.54. The third kappa shape index (κ3) is 9.78. The van der Waals surface area contributed by atoms with Gasteiger partial charge in [0.1, 0.15) is 36.0 Å². The van der Waals surface area contributed by atoms with Crippen molar-refractivity contribution in [2.45, 2.75) is 64.3 Å². The zero-order chi connectivity index (χ0) is 33.1. The molecule has 1 fully saturated rings. The van der Waals surface area contributed by atoms with Gasteiger partial charge in [-0.1, -0.05) is 44.5 Å². The number of benzene rings is 2. The minimum absolute atomic E-state index is 0.0125. The van der Waals surface area contributed by atoms with Gasteiger partial charge in [-0.3, -0.25) is 24.0 Å². The van der Waals surface area contributed by atoms with Gasteiger partial charge in [0.25, 0.3) is 0 Å². The SMILES string of the molecule is CC[C@H](C)[C@H](NC(C)=O)C(=O)NCC(=O)N1C[C@@H](Oc2cccc(-c3cccc(OC)c3)c2)C[C@H]1C(=O)N[C@H](C=O)CC(=O)O. The van der Waals surface area contributed by atoms with Gasteiger partial charge in [-0.05, 0) is 41.3 Å². The lowest BCUT2D eigenvalue weighted by Gasteiger charge is -2.26. The predicted molar refractivity (Wildman–Crippen MR) is 163 cm³/mol. The molecule has 2 aromatic carbocycles. The van der Waals surface area contributed by atoms with E-state index in [-0.39, 0.29) is 24.8 Å². The first-order valence-electron chi connectivity index (χ1n) is 14.7. The van der Waals surface area contributed by atoms with Crippen LogP contribution in [-0.2, 0) is 28.8 Å². The normalized spacial score (nSPS) is 17.7. The van der Waals surface area contributed by atoms with Gasteiger partial charge in [0.05, 0.1) is 32.7 Å². The molecule has 0 aromatic heterocycles. The Hall–Kier alpha value is -4.94. The van der Waals surface area contributed by atoms with Gasteiger partial charge in [-0.2, -0.15) is 0 Å². The number of aldehydes is 1. The van der Waals surface area contributed by atoms with E-state index < -0.39 is 60.9 Å². The van der Waals surface area contributed by atoms with Crippen molar-refractivity contribution in [1.29, 1.82) is 0 Å². The molecule has 13 nitrogen and oxygen atoms in total. The van der Waals surface area contributed by atoms with E-state index >= 15 is 0 Å². The molecule has 0 aliphatic carbocycles. The van der Waals surface area contributed by atoms with Crippen LogP contribution in [0.3, 0.4) is 0 Å². The molecule has 0 radical (unpaired) electrons. The number of carbonyl (C=O) groups excluding carboxylic acids is 5. The Morgan fingerprint density at radius 1 is 1.04 bits per heavy atom. The first kappa shape index (κ1) is 34.5. The van der Waals surface area contributed by atoms with Gasteiger partial charge in [-0.15, -0.1) is 0 Å². The highest BCUT2D eigenvalue weighted by Gasteiger charge is 2.41. The van der Waals surface area contributed by atoms with Gasteiger partial charge in [0.15, 0.2) is 0 Å². The molecule has 13 heteroatoms. The lowest BCUT2D eigenvalue weighted by atomic mass is 9.98. The monoisotopic (exact) mass is 624 g/mol. The summed E-state index contributed by atoms with van der Waals surface area (Å²) < 4.78 is 11.5. The van der Waals surface area contributed by atoms with Crippen molar-refractivity contribution >= 4 is 35.9 Å². The van der Waals surface area contributed by atoms with Crippen LogP contribution in [0.5, 0.6) is 11.5 Å². The van der Waals surface area contributed by atoms with Gasteiger partial charge >= 0.3 is 5.97 Å². The fourth-order valence-corrected chi connectivity index (χ4v) is 5.05. The van der Waals surface area contributed by atoms with E-state index in [0.29, 0.717) is 24.2 Å². The van der Waals surface area contributed by atoms with Crippen molar-refractivity contribution in [2.24, 2.45) is 5.92 Å². The maximum atomic E-state index is 13.4. The minimum atomic E-state index is -1.29. The summed E-state index contributed by atoms with van der Waals surface area (Å²) in [6, 6.07) is 11.5. The molecule has 4 amide bonds. The summed E-state index contributed by atoms with van der Waals surface area (Å²) in [6.45, 7) is 4.50. The number of hydrogen-bond donors (Lipinski definition) is 4. The topological polar surface area (TPSA) is 180 Å². The largest absolute Gasteiger partial charge is 0.497 e. The first-order chi connectivity index (χ1) is 21.4. The third-order valence-corrected chi connectivity index (χ3v) is 7.58. The molecule has 1 aliphatic heterocycles. The van der Waals surface area contributed by atoms with E-state index in [2.05, 4.69) is 16.0 Å². The molecule has 2 aromatic rings. The summed E-state index contributed by atoms with van der Waals surface area (Å²) in [6.07, 6.45) is -0.282. The van der Waals surface area contributed by atoms with Crippen molar-refractivity contribution in [3.63, 3.8) is 0 Å². The van der Waals surface area contributed by atoms with Gasteiger partial charge < -0.3 is 40.2 Å². The van der Waals surface area contributed by atoms with Crippen molar-refractivity contribution in [3.05, 3.63) is 48.5 Å². The first-order valence-corrected chi connectivity index (χ1v) is 14.7. The summed E-state index contributed by atoms with van der Waals surface area (Å²) in [7, 11) is 1.58. The Kier molecular flexibility index (Phi) is 12.5. The number of methoxy groups -OCH3 is 1. The minimum Gasteiger partial charge on any atom is -0.497 e. The second kappa shape index (κ2) is 16.2. The third-order valence-electron chi connectivity index (χ3n) is 7.58. The van der Waals surface area contributed by atoms with E-state index in [1.54, 1.807) is 20.1 Å². The Balaban J connectivity index is 1.79. The Bertz CT molecular complexity index is 1400. The highest BCUT2D eigenvalue weighted by atomic mass is 16.5. The van der Waals surface area contributed by atoms with Crippen molar-refractivity contribution in [2.75, 3.05) is 20.2 Å². The molecule has 1 aliphatic rings. The maximum absolute atomic E-state index is 13.4. The quantitative estimate of drug-likeness (QED) is 0.214. The number of likely N-dealkylation sites (tertiary alicyclic amines) is 1. The number of carboxylic acids is 1. The molecular weight excluding hydrogens is 584 g/mol. The highest BCUT2D eigenvalue weighted by molar-refractivity contribution is 5.93. The number of hydrogen-bond acceptors (Lipinski definition) is 8. The molecule has 5 atom stereocenters. The molecule has 1 heterocycles. The number of ether oxygens (including phenoxy) is 2. The zero-order valence-corrected chi connectivity index (χ0v) is 25.8. The van der Waals surface area contributed by atoms with Crippen LogP contribution in [0.2, 0.25) is 0 Å². The zero-order valence-electron chi connectivity index (χ0n) is 25.8. The maximum Gasteiger partial charge on any atom is 0.305 e. The van der Waals surface area contributed by atoms with Crippen molar-refractivity contribution in [1.82, 2.24) is 20.9 Å². The van der Waals surface area contributed by atoms with E-state index in [4.69, 9.17) is 14.6 Å². The average Bonchev–Trinajstić information content (AvgIpc) is 3.45. The van der Waals surface area contributed by atoms with Crippen LogP contribution in [0.1, 0.15) is 40.0 Å². The number of carbonyl (C=O) groups is 6. The fourth-order valence-electron chi connectivity index (χ4n) is 5.05. The summed E-state index contributed by atoms with van der Waals surface area (Å²) in [5.41, 5.74) is 1.75. The molecular formula is C32H40N4O9. The molecule has 45 heavy (non-hydrogen) atoms. The number of nitrogens with zero attached hydrogens (tertiary/aromatic N) is 1. The molecule has 242 valence electrons. The van der Waals surface area contributed by atoms with E-state index in [1.165, 1.54) is 11.8 Å². The van der Waals surface area contributed by atoms with E-state index in [9.17, 15) is 28.8 Å². The van der Waals surface area contributed by atoms with Crippen molar-refractivity contribution in [3.8, 4) is 22.6 Å². The fraction of sp³-hybridized carbons (Fsp3) is 0.438. The molecule has 0 saturated carbocycles. The molecule has 0 spiro atoms. The molecule has 0 unspecified atom stereocenters. The smallest absolute Gasteiger partial charge is 0.305 e. The molecule has 0 bridgehead atoms. The lowest BCUT2D eigenvalue weighted by Crippen LogP contribution is -2.54. The van der Waals surface area contributed by atoms with Crippen LogP contribution >= 0.6 is 0 Å². The number of rotatable bonds is 15. The number of nitrogens with one attached hydrogen (secondary N) is 3. The summed E-state index contributed by atoms with van der Waals surface area (Å²) in [4.78, 5) is 75.0. The Labute approximate surface area is 261 Å². The van der Waals surface area contributed by atoms with Crippen LogP contribution in [0.4, 0.5) is 0 Å². The van der Waals surface area contributed by atoms with Gasteiger partial charge in [-0.25, -0.2) is 0 Å². The van der Waals surface area contributed by atoms with Gasteiger partial charge in [0, 0.05) is 13.3 Å². The van der Waals surface area contributed by atoms with Crippen LogP contribution < -0.4 is 25.4 Å². The average molecular weight is 625 g/mol. The van der Waals surface area contributed by atoms with Crippen LogP contribution in [0.15, 0.2) is 48.5 Å². The summed E-state index contributed by atoms with van der Waals surface area (Å²) >= 11 is 0. The number of carboxylic acid groups (broad SMARTS) is 1. The van der Waals surface area contributed by atoms with E-state index in [0.717, 1.165) is 11.1 Å². The van der Waals surface area contributed by atoms with Crippen LogP contribution in [-0.4, -0.2) is 90.3 Å². The predicted octanol–water partition coefficient (Wildman–Crippen LogP) is 1.54. The Morgan fingerprint density at radius 3 is 2.27 bits per heavy atom. The highest BCUT2D eigenvalue weighted by Crippen LogP contribution is 2.29. The van der Waals surface area contributed by atoms with Crippen LogP contribution in [0.25, 0.3) is 11.1 Å². The Morgan fingerprint density at radius 2 is 1.69 bits per heavy atom. The standard InChI is InChI=1S/C32H40N4O9/c1-5-19(2)30(34-20(3)38)32(43)33-16-28(39)36-17-26(15-27(36)31(42)35-23(18-37)14-29(40)41)45-25-11-7-9-22(13-25)21-8-6-10-24(12-21)44-4/h6-13,18-19,23,26-27,30H,5,14-17H2,1-4H3,(H,33,43)(H,34,38)(H,35,42)(H,40,41)/t19-,23-,26-,27-,30-/m0/s1.